The number of benzene rings is 2. The molecular weight excluding hydrogens is 392 g/mol. The number of rotatable bonds is 6. The lowest BCUT2D eigenvalue weighted by molar-refractivity contribution is 0.0600. The molecule has 1 heterocycles. The summed E-state index contributed by atoms with van der Waals surface area (Å²) in [6.45, 7) is 1.76. The monoisotopic (exact) mass is 416 g/mol. The van der Waals surface area contributed by atoms with Gasteiger partial charge in [0.25, 0.3) is 5.91 Å². The Balaban J connectivity index is 1.90. The zero-order chi connectivity index (χ0) is 21.0. The maximum atomic E-state index is 12.9. The molecule has 2 aromatic rings. The van der Waals surface area contributed by atoms with E-state index in [1.165, 1.54) is 7.11 Å². The van der Waals surface area contributed by atoms with Gasteiger partial charge in [0.2, 0.25) is 0 Å². The van der Waals surface area contributed by atoms with Gasteiger partial charge in [-0.05, 0) is 48.7 Å². The molecule has 29 heavy (non-hydrogen) atoms. The van der Waals surface area contributed by atoms with Gasteiger partial charge in [0.15, 0.2) is 9.84 Å². The van der Waals surface area contributed by atoms with E-state index in [1.807, 2.05) is 6.07 Å². The second-order valence-corrected chi connectivity index (χ2v) is 9.28. The van der Waals surface area contributed by atoms with Gasteiger partial charge >= 0.3 is 5.97 Å². The van der Waals surface area contributed by atoms with Gasteiger partial charge in [-0.3, -0.25) is 4.79 Å². The third-order valence-corrected chi connectivity index (χ3v) is 5.59. The lowest BCUT2D eigenvalue weighted by atomic mass is 10.1. The number of sulfone groups is 1. The first-order valence-corrected chi connectivity index (χ1v) is 11.4. The molecule has 1 saturated heterocycles. The number of nitrogens with zero attached hydrogens (tertiary/aromatic N) is 1. The Hall–Kier alpha value is -2.87. The third-order valence-electron chi connectivity index (χ3n) is 4.73. The number of anilines is 2. The third kappa shape index (κ3) is 5.35. The number of carbonyl (C=O) groups is 2. The van der Waals surface area contributed by atoms with Gasteiger partial charge in [0.05, 0.1) is 29.8 Å². The summed E-state index contributed by atoms with van der Waals surface area (Å²) in [5.74, 6) is -0.989. The van der Waals surface area contributed by atoms with E-state index in [4.69, 9.17) is 4.74 Å². The first kappa shape index (κ1) is 20.9. The maximum absolute atomic E-state index is 12.9. The molecule has 0 atom stereocenters. The van der Waals surface area contributed by atoms with Crippen molar-refractivity contribution >= 4 is 33.1 Å². The highest BCUT2D eigenvalue weighted by Gasteiger charge is 2.20. The standard InChI is InChI=1S/C21H24N2O5S/c1-28-21(25)17-8-9-19(23-10-3-4-11-23)18(13-17)22-20(24)16-7-5-6-15(12-16)14-29(2,26)27/h5-9,12-13H,3-4,10-11,14H2,1-2H3,(H,22,24). The number of methoxy groups -OCH3 is 1. The van der Waals surface area contributed by atoms with Gasteiger partial charge in [0, 0.05) is 24.9 Å². The van der Waals surface area contributed by atoms with E-state index in [2.05, 4.69) is 10.2 Å². The number of nitrogens with one attached hydrogen (secondary N) is 1. The molecule has 1 amide bonds. The van der Waals surface area contributed by atoms with Crippen LogP contribution in [0.5, 0.6) is 0 Å². The van der Waals surface area contributed by atoms with Crippen molar-refractivity contribution in [3.05, 3.63) is 59.2 Å². The minimum Gasteiger partial charge on any atom is -0.465 e. The van der Waals surface area contributed by atoms with Crippen LogP contribution in [-0.4, -0.2) is 46.7 Å². The fourth-order valence-corrected chi connectivity index (χ4v) is 4.20. The highest BCUT2D eigenvalue weighted by molar-refractivity contribution is 7.89. The van der Waals surface area contributed by atoms with Gasteiger partial charge in [-0.1, -0.05) is 12.1 Å². The largest absolute Gasteiger partial charge is 0.465 e. The zero-order valence-electron chi connectivity index (χ0n) is 16.5. The highest BCUT2D eigenvalue weighted by Crippen LogP contribution is 2.31. The lowest BCUT2D eigenvalue weighted by Crippen LogP contribution is -2.21. The van der Waals surface area contributed by atoms with Crippen molar-refractivity contribution in [3.63, 3.8) is 0 Å². The van der Waals surface area contributed by atoms with Gasteiger partial charge in [-0.2, -0.15) is 0 Å². The fraction of sp³-hybridized carbons (Fsp3) is 0.333. The Morgan fingerprint density at radius 2 is 1.79 bits per heavy atom. The van der Waals surface area contributed by atoms with Crippen LogP contribution in [0.3, 0.4) is 0 Å². The number of hydrogen-bond donors (Lipinski definition) is 1. The van der Waals surface area contributed by atoms with E-state index in [-0.39, 0.29) is 11.7 Å². The molecule has 3 rings (SSSR count). The van der Waals surface area contributed by atoms with E-state index >= 15 is 0 Å². The van der Waals surface area contributed by atoms with Crippen LogP contribution in [0.4, 0.5) is 11.4 Å². The van der Waals surface area contributed by atoms with Gasteiger partial charge in [-0.15, -0.1) is 0 Å². The molecule has 154 valence electrons. The van der Waals surface area contributed by atoms with Crippen molar-refractivity contribution in [2.45, 2.75) is 18.6 Å². The van der Waals surface area contributed by atoms with Crippen LogP contribution in [0.2, 0.25) is 0 Å². The summed E-state index contributed by atoms with van der Waals surface area (Å²) in [7, 11) is -1.90. The average Bonchev–Trinajstić information content (AvgIpc) is 3.20. The molecule has 0 bridgehead atoms. The summed E-state index contributed by atoms with van der Waals surface area (Å²) in [5, 5.41) is 2.88. The van der Waals surface area contributed by atoms with E-state index in [0.717, 1.165) is 37.9 Å². The first-order chi connectivity index (χ1) is 13.8. The predicted molar refractivity (Wildman–Crippen MR) is 112 cm³/mol. The Morgan fingerprint density at radius 3 is 2.45 bits per heavy atom. The number of amides is 1. The molecule has 8 heteroatoms. The van der Waals surface area contributed by atoms with E-state index in [0.29, 0.717) is 22.4 Å². The number of carbonyl (C=O) groups excluding carboxylic acids is 2. The van der Waals surface area contributed by atoms with Crippen molar-refractivity contribution < 1.29 is 22.7 Å². The van der Waals surface area contributed by atoms with Crippen LogP contribution in [-0.2, 0) is 20.3 Å². The normalized spacial score (nSPS) is 13.9. The summed E-state index contributed by atoms with van der Waals surface area (Å²) in [5.41, 5.74) is 2.60. The van der Waals surface area contributed by atoms with Crippen molar-refractivity contribution in [1.82, 2.24) is 0 Å². The number of hydrogen-bond acceptors (Lipinski definition) is 6. The minimum absolute atomic E-state index is 0.134. The highest BCUT2D eigenvalue weighted by atomic mass is 32.2. The van der Waals surface area contributed by atoms with E-state index < -0.39 is 15.8 Å². The second kappa shape index (κ2) is 8.65. The summed E-state index contributed by atoms with van der Waals surface area (Å²) < 4.78 is 27.9. The average molecular weight is 416 g/mol. The van der Waals surface area contributed by atoms with Gasteiger partial charge < -0.3 is 15.0 Å². The fourth-order valence-electron chi connectivity index (χ4n) is 3.41. The van der Waals surface area contributed by atoms with Crippen LogP contribution >= 0.6 is 0 Å². The number of esters is 1. The molecule has 0 aromatic heterocycles. The molecule has 7 nitrogen and oxygen atoms in total. The Kier molecular flexibility index (Phi) is 6.22. The molecule has 1 aliphatic heterocycles. The summed E-state index contributed by atoms with van der Waals surface area (Å²) in [4.78, 5) is 26.9. The summed E-state index contributed by atoms with van der Waals surface area (Å²) in [6.07, 6.45) is 3.29. The van der Waals surface area contributed by atoms with Crippen molar-refractivity contribution in [1.29, 1.82) is 0 Å². The smallest absolute Gasteiger partial charge is 0.337 e. The second-order valence-electron chi connectivity index (χ2n) is 7.14. The molecule has 1 N–H and O–H groups in total. The molecule has 0 spiro atoms. The summed E-state index contributed by atoms with van der Waals surface area (Å²) >= 11 is 0. The molecule has 2 aromatic carbocycles. The van der Waals surface area contributed by atoms with Gasteiger partial charge in [-0.25, -0.2) is 13.2 Å². The Labute approximate surface area is 170 Å². The molecular formula is C21H24N2O5S. The quantitative estimate of drug-likeness (QED) is 0.728. The maximum Gasteiger partial charge on any atom is 0.337 e. The SMILES string of the molecule is COC(=O)c1ccc(N2CCCC2)c(NC(=O)c2cccc(CS(C)(=O)=O)c2)c1. The Bertz CT molecular complexity index is 1030. The molecule has 0 radical (unpaired) electrons. The number of ether oxygens (including phenoxy) is 1. The Morgan fingerprint density at radius 1 is 1.07 bits per heavy atom. The summed E-state index contributed by atoms with van der Waals surface area (Å²) in [6, 6.07) is 11.6. The van der Waals surface area contributed by atoms with Crippen molar-refractivity contribution in [2.24, 2.45) is 0 Å². The predicted octanol–water partition coefficient (Wildman–Crippen LogP) is 2.87. The van der Waals surface area contributed by atoms with Crippen LogP contribution in [0.25, 0.3) is 0 Å². The van der Waals surface area contributed by atoms with Crippen LogP contribution in [0.15, 0.2) is 42.5 Å². The lowest BCUT2D eigenvalue weighted by Gasteiger charge is -2.22. The minimum atomic E-state index is -3.20. The topological polar surface area (TPSA) is 92.8 Å². The first-order valence-electron chi connectivity index (χ1n) is 9.32. The zero-order valence-corrected chi connectivity index (χ0v) is 17.3. The van der Waals surface area contributed by atoms with E-state index in [1.54, 1.807) is 36.4 Å². The van der Waals surface area contributed by atoms with Crippen molar-refractivity contribution in [3.8, 4) is 0 Å². The molecule has 0 unspecified atom stereocenters. The molecule has 0 aliphatic carbocycles. The molecule has 1 fully saturated rings. The van der Waals surface area contributed by atoms with Crippen LogP contribution in [0.1, 0.15) is 39.1 Å². The van der Waals surface area contributed by atoms with E-state index in [9.17, 15) is 18.0 Å². The van der Waals surface area contributed by atoms with Crippen LogP contribution in [0, 0.1) is 0 Å². The molecule has 1 aliphatic rings. The van der Waals surface area contributed by atoms with Crippen LogP contribution < -0.4 is 10.2 Å². The van der Waals surface area contributed by atoms with Crippen molar-refractivity contribution in [2.75, 3.05) is 36.7 Å². The van der Waals surface area contributed by atoms with Gasteiger partial charge in [0.1, 0.15) is 0 Å². The molecule has 0 saturated carbocycles.